The van der Waals surface area contributed by atoms with Gasteiger partial charge in [-0.1, -0.05) is 44.2 Å². The molecule has 1 aliphatic heterocycles. The quantitative estimate of drug-likeness (QED) is 0.368. The number of nitrogens with one attached hydrogen (secondary N) is 2. The number of hydrogen-bond donors (Lipinski definition) is 2. The number of rotatable bonds is 5. The van der Waals surface area contributed by atoms with E-state index in [2.05, 4.69) is 21.7 Å². The van der Waals surface area contributed by atoms with Crippen molar-refractivity contribution in [2.45, 2.75) is 25.7 Å². The lowest BCUT2D eigenvalue weighted by Crippen LogP contribution is -2.47. The number of halogens is 2. The zero-order valence-corrected chi connectivity index (χ0v) is 19.4. The van der Waals surface area contributed by atoms with Crippen molar-refractivity contribution in [3.05, 3.63) is 65.5 Å². The smallest absolute Gasteiger partial charge is 0.246 e. The molecule has 1 heterocycles. The third-order valence-electron chi connectivity index (χ3n) is 5.12. The Hall–Kier alpha value is -2.16. The van der Waals surface area contributed by atoms with Crippen LogP contribution in [0.1, 0.15) is 25.0 Å². The standard InChI is InChI=1S/C22H27FN4O.HI/c1-22(2,17-8-6-9-18(23)13-17)15-26-21(24-3)25-14-20(28)27-12-11-16-7-4-5-10-19(16)27;/h4-10,13H,11-12,14-15H2,1-3H3,(H2,24,25,26);1H. The first-order chi connectivity index (χ1) is 13.4. The van der Waals surface area contributed by atoms with E-state index in [4.69, 9.17) is 0 Å². The highest BCUT2D eigenvalue weighted by Crippen LogP contribution is 2.27. The number of benzene rings is 2. The van der Waals surface area contributed by atoms with Crippen LogP contribution in [0.25, 0.3) is 0 Å². The number of hydrogen-bond acceptors (Lipinski definition) is 2. The third-order valence-corrected chi connectivity index (χ3v) is 5.12. The van der Waals surface area contributed by atoms with E-state index in [0.29, 0.717) is 19.0 Å². The molecule has 156 valence electrons. The van der Waals surface area contributed by atoms with Crippen LogP contribution in [0.5, 0.6) is 0 Å². The summed E-state index contributed by atoms with van der Waals surface area (Å²) in [6.07, 6.45) is 0.886. The molecule has 0 saturated carbocycles. The molecule has 0 aromatic heterocycles. The average molecular weight is 510 g/mol. The van der Waals surface area contributed by atoms with E-state index < -0.39 is 0 Å². The van der Waals surface area contributed by atoms with Gasteiger partial charge in [0.15, 0.2) is 5.96 Å². The maximum Gasteiger partial charge on any atom is 0.246 e. The normalized spacial score (nSPS) is 13.5. The maximum atomic E-state index is 13.5. The van der Waals surface area contributed by atoms with Gasteiger partial charge in [0, 0.05) is 31.2 Å². The third kappa shape index (κ3) is 5.68. The van der Waals surface area contributed by atoms with Gasteiger partial charge in [0.05, 0.1) is 6.54 Å². The minimum Gasteiger partial charge on any atom is -0.356 e. The molecular formula is C22H28FIN4O. The van der Waals surface area contributed by atoms with Crippen molar-refractivity contribution in [2.75, 3.05) is 31.6 Å². The van der Waals surface area contributed by atoms with Crippen LogP contribution in [0.3, 0.4) is 0 Å². The summed E-state index contributed by atoms with van der Waals surface area (Å²) in [5.41, 5.74) is 2.80. The summed E-state index contributed by atoms with van der Waals surface area (Å²) >= 11 is 0. The molecule has 0 atom stereocenters. The zero-order chi connectivity index (χ0) is 20.1. The van der Waals surface area contributed by atoms with Crippen LogP contribution in [-0.2, 0) is 16.6 Å². The number of aliphatic imine (C=N–C) groups is 1. The summed E-state index contributed by atoms with van der Waals surface area (Å²) in [6, 6.07) is 14.6. The van der Waals surface area contributed by atoms with E-state index in [-0.39, 0.29) is 47.7 Å². The minimum atomic E-state index is -0.294. The second-order valence-electron chi connectivity index (χ2n) is 7.60. The molecule has 0 bridgehead atoms. The molecule has 5 nitrogen and oxygen atoms in total. The molecule has 0 unspecified atom stereocenters. The lowest BCUT2D eigenvalue weighted by atomic mass is 9.84. The molecule has 1 amide bonds. The van der Waals surface area contributed by atoms with Crippen LogP contribution in [0.2, 0.25) is 0 Å². The van der Waals surface area contributed by atoms with E-state index in [1.165, 1.54) is 11.6 Å². The molecule has 2 aromatic rings. The van der Waals surface area contributed by atoms with Crippen molar-refractivity contribution >= 4 is 41.5 Å². The molecule has 7 heteroatoms. The van der Waals surface area contributed by atoms with Crippen molar-refractivity contribution in [1.29, 1.82) is 0 Å². The first-order valence-corrected chi connectivity index (χ1v) is 9.49. The summed E-state index contributed by atoms with van der Waals surface area (Å²) < 4.78 is 13.5. The van der Waals surface area contributed by atoms with Gasteiger partial charge >= 0.3 is 0 Å². The van der Waals surface area contributed by atoms with E-state index in [1.807, 2.05) is 43.0 Å². The fourth-order valence-electron chi connectivity index (χ4n) is 3.39. The van der Waals surface area contributed by atoms with Crippen molar-refractivity contribution in [1.82, 2.24) is 10.6 Å². The number of carbonyl (C=O) groups is 1. The number of carbonyl (C=O) groups excluding carboxylic acids is 1. The number of anilines is 1. The molecule has 0 radical (unpaired) electrons. The van der Waals surface area contributed by atoms with Crippen LogP contribution in [0.15, 0.2) is 53.5 Å². The Balaban J connectivity index is 0.00000300. The van der Waals surface area contributed by atoms with E-state index >= 15 is 0 Å². The van der Waals surface area contributed by atoms with E-state index in [1.54, 1.807) is 19.2 Å². The lowest BCUT2D eigenvalue weighted by Gasteiger charge is -2.27. The van der Waals surface area contributed by atoms with Crippen molar-refractivity contribution < 1.29 is 9.18 Å². The lowest BCUT2D eigenvalue weighted by molar-refractivity contribution is -0.117. The molecule has 1 aliphatic rings. The van der Waals surface area contributed by atoms with Crippen LogP contribution in [0, 0.1) is 5.82 Å². The van der Waals surface area contributed by atoms with Gasteiger partial charge in [-0.15, -0.1) is 24.0 Å². The number of para-hydroxylation sites is 1. The highest BCUT2D eigenvalue weighted by atomic mass is 127. The molecule has 0 spiro atoms. The number of guanidine groups is 1. The van der Waals surface area contributed by atoms with Gasteiger partial charge in [0.2, 0.25) is 5.91 Å². The largest absolute Gasteiger partial charge is 0.356 e. The molecule has 2 N–H and O–H groups in total. The maximum absolute atomic E-state index is 13.5. The highest BCUT2D eigenvalue weighted by molar-refractivity contribution is 14.0. The van der Waals surface area contributed by atoms with Gasteiger partial charge in [-0.05, 0) is 35.7 Å². The van der Waals surface area contributed by atoms with Crippen molar-refractivity contribution in [3.63, 3.8) is 0 Å². The highest BCUT2D eigenvalue weighted by Gasteiger charge is 2.25. The summed E-state index contributed by atoms with van der Waals surface area (Å²) in [5.74, 6) is 0.312. The van der Waals surface area contributed by atoms with Crippen LogP contribution < -0.4 is 15.5 Å². The Bertz CT molecular complexity index is 885. The summed E-state index contributed by atoms with van der Waals surface area (Å²) in [7, 11) is 1.67. The Morgan fingerprint density at radius 1 is 1.17 bits per heavy atom. The van der Waals surface area contributed by atoms with Gasteiger partial charge in [-0.2, -0.15) is 0 Å². The first kappa shape index (κ1) is 23.1. The van der Waals surface area contributed by atoms with Crippen molar-refractivity contribution in [3.8, 4) is 0 Å². The molecule has 0 aliphatic carbocycles. The van der Waals surface area contributed by atoms with E-state index in [9.17, 15) is 9.18 Å². The number of amides is 1. The topological polar surface area (TPSA) is 56.7 Å². The van der Waals surface area contributed by atoms with Crippen LogP contribution in [0.4, 0.5) is 10.1 Å². The predicted octanol–water partition coefficient (Wildman–Crippen LogP) is 3.48. The van der Waals surface area contributed by atoms with Crippen LogP contribution in [-0.4, -0.2) is 38.5 Å². The fraction of sp³-hybridized carbons (Fsp3) is 0.364. The SMILES string of the molecule is CN=C(NCC(=O)N1CCc2ccccc21)NCC(C)(C)c1cccc(F)c1.I. The Labute approximate surface area is 188 Å². The van der Waals surface area contributed by atoms with Gasteiger partial charge in [0.25, 0.3) is 0 Å². The van der Waals surface area contributed by atoms with Gasteiger partial charge < -0.3 is 15.5 Å². The van der Waals surface area contributed by atoms with E-state index in [0.717, 1.165) is 17.7 Å². The number of fused-ring (bicyclic) bond motifs is 1. The first-order valence-electron chi connectivity index (χ1n) is 9.49. The second-order valence-corrected chi connectivity index (χ2v) is 7.60. The summed E-state index contributed by atoms with van der Waals surface area (Å²) in [4.78, 5) is 18.6. The molecule has 3 rings (SSSR count). The average Bonchev–Trinajstić information content (AvgIpc) is 3.12. The monoisotopic (exact) mass is 510 g/mol. The predicted molar refractivity (Wildman–Crippen MR) is 127 cm³/mol. The Morgan fingerprint density at radius 2 is 1.93 bits per heavy atom. The molecule has 2 aromatic carbocycles. The molecule has 0 fully saturated rings. The Kier molecular flexibility index (Phi) is 8.01. The zero-order valence-electron chi connectivity index (χ0n) is 17.0. The molecule has 29 heavy (non-hydrogen) atoms. The van der Waals surface area contributed by atoms with Crippen LogP contribution >= 0.6 is 24.0 Å². The molecular weight excluding hydrogens is 482 g/mol. The van der Waals surface area contributed by atoms with Crippen molar-refractivity contribution in [2.24, 2.45) is 4.99 Å². The van der Waals surface area contributed by atoms with Gasteiger partial charge in [-0.25, -0.2) is 4.39 Å². The second kappa shape index (κ2) is 10.0. The van der Waals surface area contributed by atoms with Gasteiger partial charge in [-0.3, -0.25) is 9.79 Å². The fourth-order valence-corrected chi connectivity index (χ4v) is 3.39. The van der Waals surface area contributed by atoms with Gasteiger partial charge in [0.1, 0.15) is 5.82 Å². The number of nitrogens with zero attached hydrogens (tertiary/aromatic N) is 2. The minimum absolute atomic E-state index is 0. The summed E-state index contributed by atoms with van der Waals surface area (Å²) in [6.45, 7) is 5.49. The Morgan fingerprint density at radius 3 is 2.66 bits per heavy atom. The summed E-state index contributed by atoms with van der Waals surface area (Å²) in [5, 5.41) is 6.32. The molecule has 0 saturated heterocycles.